The van der Waals surface area contributed by atoms with Gasteiger partial charge in [-0.3, -0.25) is 14.3 Å². The number of hydrogen-bond acceptors (Lipinski definition) is 4. The van der Waals surface area contributed by atoms with Crippen molar-refractivity contribution in [1.29, 1.82) is 0 Å². The SMILES string of the molecule is CC1CC(n2cc(F)c(=O)[nH]c2=O)C(=O)O1. The van der Waals surface area contributed by atoms with Crippen molar-refractivity contribution in [2.45, 2.75) is 25.5 Å². The molecule has 1 aromatic rings. The van der Waals surface area contributed by atoms with Crippen LogP contribution < -0.4 is 11.2 Å². The van der Waals surface area contributed by atoms with Crippen molar-refractivity contribution in [2.75, 3.05) is 0 Å². The molecule has 2 atom stereocenters. The first-order valence-electron chi connectivity index (χ1n) is 4.70. The van der Waals surface area contributed by atoms with Gasteiger partial charge < -0.3 is 4.74 Å². The highest BCUT2D eigenvalue weighted by atomic mass is 19.1. The highest BCUT2D eigenvalue weighted by Gasteiger charge is 2.34. The number of carbonyl (C=O) groups is 1. The molecule has 1 aromatic heterocycles. The second-order valence-corrected chi connectivity index (χ2v) is 3.64. The van der Waals surface area contributed by atoms with E-state index in [0.717, 1.165) is 10.8 Å². The summed E-state index contributed by atoms with van der Waals surface area (Å²) < 4.78 is 18.7. The lowest BCUT2D eigenvalue weighted by atomic mass is 10.2. The van der Waals surface area contributed by atoms with Gasteiger partial charge in [0.1, 0.15) is 12.1 Å². The number of nitrogens with zero attached hydrogens (tertiary/aromatic N) is 1. The topological polar surface area (TPSA) is 81.2 Å². The Morgan fingerprint density at radius 3 is 2.75 bits per heavy atom. The molecule has 6 nitrogen and oxygen atoms in total. The predicted molar refractivity (Wildman–Crippen MR) is 50.5 cm³/mol. The normalized spacial score (nSPS) is 24.5. The van der Waals surface area contributed by atoms with E-state index in [-0.39, 0.29) is 12.5 Å². The minimum Gasteiger partial charge on any atom is -0.461 e. The maximum absolute atomic E-state index is 13.0. The van der Waals surface area contributed by atoms with Gasteiger partial charge in [0, 0.05) is 6.42 Å². The number of nitrogens with one attached hydrogen (secondary N) is 1. The van der Waals surface area contributed by atoms with Gasteiger partial charge in [0.25, 0.3) is 5.56 Å². The van der Waals surface area contributed by atoms with E-state index in [2.05, 4.69) is 0 Å². The Morgan fingerprint density at radius 1 is 1.50 bits per heavy atom. The molecule has 1 fully saturated rings. The van der Waals surface area contributed by atoms with Gasteiger partial charge in [-0.2, -0.15) is 4.39 Å². The predicted octanol–water partition coefficient (Wildman–Crippen LogP) is -0.448. The molecule has 0 aliphatic carbocycles. The van der Waals surface area contributed by atoms with Gasteiger partial charge in [-0.15, -0.1) is 0 Å². The highest BCUT2D eigenvalue weighted by molar-refractivity contribution is 5.76. The molecule has 86 valence electrons. The Hall–Kier alpha value is -1.92. The maximum Gasteiger partial charge on any atom is 0.329 e. The van der Waals surface area contributed by atoms with Crippen LogP contribution in [-0.2, 0) is 9.53 Å². The number of H-pyrrole nitrogens is 1. The lowest BCUT2D eigenvalue weighted by Crippen LogP contribution is -2.35. The van der Waals surface area contributed by atoms with E-state index >= 15 is 0 Å². The van der Waals surface area contributed by atoms with Crippen molar-refractivity contribution in [3.8, 4) is 0 Å². The van der Waals surface area contributed by atoms with Gasteiger partial charge in [0.2, 0.25) is 5.82 Å². The second-order valence-electron chi connectivity index (χ2n) is 3.64. The Morgan fingerprint density at radius 2 is 2.19 bits per heavy atom. The monoisotopic (exact) mass is 228 g/mol. The Balaban J connectivity index is 2.49. The average Bonchev–Trinajstić information content (AvgIpc) is 2.51. The molecular formula is C9H9FN2O4. The van der Waals surface area contributed by atoms with Crippen LogP contribution in [0.3, 0.4) is 0 Å². The lowest BCUT2D eigenvalue weighted by Gasteiger charge is -2.08. The fourth-order valence-electron chi connectivity index (χ4n) is 1.65. The number of esters is 1. The molecule has 1 aliphatic heterocycles. The minimum absolute atomic E-state index is 0.282. The smallest absolute Gasteiger partial charge is 0.329 e. The standard InChI is InChI=1S/C9H9FN2O4/c1-4-2-6(8(14)16-4)12-3-5(10)7(13)11-9(12)15/h3-4,6H,2H2,1H3,(H,11,13,15). The van der Waals surface area contributed by atoms with Crippen molar-refractivity contribution < 1.29 is 13.9 Å². The molecule has 0 saturated carbocycles. The molecule has 2 unspecified atom stereocenters. The summed E-state index contributed by atoms with van der Waals surface area (Å²) in [7, 11) is 0. The van der Waals surface area contributed by atoms with Gasteiger partial charge in [-0.1, -0.05) is 0 Å². The zero-order valence-electron chi connectivity index (χ0n) is 8.40. The first-order chi connectivity index (χ1) is 7.49. The number of aromatic amines is 1. The van der Waals surface area contributed by atoms with Crippen molar-refractivity contribution in [3.05, 3.63) is 32.9 Å². The third kappa shape index (κ3) is 1.64. The molecule has 1 aliphatic rings. The molecular weight excluding hydrogens is 219 g/mol. The van der Waals surface area contributed by atoms with Crippen LogP contribution in [0.2, 0.25) is 0 Å². The van der Waals surface area contributed by atoms with Crippen molar-refractivity contribution in [2.24, 2.45) is 0 Å². The van der Waals surface area contributed by atoms with E-state index in [4.69, 9.17) is 4.74 Å². The summed E-state index contributed by atoms with van der Waals surface area (Å²) in [6.45, 7) is 1.67. The van der Waals surface area contributed by atoms with Crippen LogP contribution >= 0.6 is 0 Å². The Kier molecular flexibility index (Phi) is 2.37. The van der Waals surface area contributed by atoms with Crippen LogP contribution in [0.15, 0.2) is 15.8 Å². The molecule has 7 heteroatoms. The van der Waals surface area contributed by atoms with E-state index in [0.29, 0.717) is 0 Å². The number of halogens is 1. The van der Waals surface area contributed by atoms with Crippen molar-refractivity contribution in [3.63, 3.8) is 0 Å². The van der Waals surface area contributed by atoms with Crippen LogP contribution in [0.25, 0.3) is 0 Å². The zero-order chi connectivity index (χ0) is 11.9. The average molecular weight is 228 g/mol. The Bertz CT molecular complexity index is 547. The molecule has 2 heterocycles. The van der Waals surface area contributed by atoms with Crippen molar-refractivity contribution >= 4 is 5.97 Å². The van der Waals surface area contributed by atoms with E-state index in [1.54, 1.807) is 11.9 Å². The van der Waals surface area contributed by atoms with Gasteiger partial charge in [0.05, 0.1) is 6.20 Å². The van der Waals surface area contributed by atoms with Crippen LogP contribution in [-0.4, -0.2) is 21.6 Å². The summed E-state index contributed by atoms with van der Waals surface area (Å²) in [5, 5.41) is 0. The van der Waals surface area contributed by atoms with Crippen LogP contribution in [0, 0.1) is 5.82 Å². The molecule has 1 N–H and O–H groups in total. The van der Waals surface area contributed by atoms with E-state index in [1.165, 1.54) is 0 Å². The van der Waals surface area contributed by atoms with E-state index in [1.807, 2.05) is 0 Å². The number of carbonyl (C=O) groups excluding carboxylic acids is 1. The quantitative estimate of drug-likeness (QED) is 0.660. The number of aromatic nitrogens is 2. The number of ether oxygens (including phenoxy) is 1. The summed E-state index contributed by atoms with van der Waals surface area (Å²) in [6, 6.07) is -0.867. The Labute approximate surface area is 88.7 Å². The van der Waals surface area contributed by atoms with Gasteiger partial charge in [-0.25, -0.2) is 9.59 Å². The van der Waals surface area contributed by atoms with Crippen molar-refractivity contribution in [1.82, 2.24) is 9.55 Å². The van der Waals surface area contributed by atoms with Gasteiger partial charge >= 0.3 is 11.7 Å². The third-order valence-electron chi connectivity index (χ3n) is 2.40. The van der Waals surface area contributed by atoms with E-state index < -0.39 is 29.1 Å². The molecule has 0 amide bonds. The largest absolute Gasteiger partial charge is 0.461 e. The molecule has 0 radical (unpaired) electrons. The highest BCUT2D eigenvalue weighted by Crippen LogP contribution is 2.23. The number of cyclic esters (lactones) is 1. The number of hydrogen-bond donors (Lipinski definition) is 1. The molecule has 0 aromatic carbocycles. The van der Waals surface area contributed by atoms with Crippen LogP contribution in [0.5, 0.6) is 0 Å². The summed E-state index contributed by atoms with van der Waals surface area (Å²) in [5.41, 5.74) is -1.91. The lowest BCUT2D eigenvalue weighted by molar-refractivity contribution is -0.143. The third-order valence-corrected chi connectivity index (χ3v) is 2.40. The minimum atomic E-state index is -1.10. The molecule has 16 heavy (non-hydrogen) atoms. The molecule has 0 spiro atoms. The fourth-order valence-corrected chi connectivity index (χ4v) is 1.65. The molecule has 0 bridgehead atoms. The first-order valence-corrected chi connectivity index (χ1v) is 4.70. The fraction of sp³-hybridized carbons (Fsp3) is 0.444. The first kappa shape index (κ1) is 10.6. The van der Waals surface area contributed by atoms with E-state index in [9.17, 15) is 18.8 Å². The zero-order valence-corrected chi connectivity index (χ0v) is 8.40. The van der Waals surface area contributed by atoms with Crippen LogP contribution in [0.4, 0.5) is 4.39 Å². The molecule has 1 saturated heterocycles. The summed E-state index contributed by atoms with van der Waals surface area (Å²) >= 11 is 0. The van der Waals surface area contributed by atoms with Crippen LogP contribution in [0.1, 0.15) is 19.4 Å². The summed E-state index contributed by atoms with van der Waals surface area (Å²) in [5.74, 6) is -1.70. The van der Waals surface area contributed by atoms with Gasteiger partial charge in [0.15, 0.2) is 0 Å². The van der Waals surface area contributed by atoms with Gasteiger partial charge in [-0.05, 0) is 6.92 Å². The maximum atomic E-state index is 13.0. The summed E-state index contributed by atoms with van der Waals surface area (Å²) in [6.07, 6.45) is 0.689. The molecule has 2 rings (SSSR count). The number of rotatable bonds is 1. The summed E-state index contributed by atoms with van der Waals surface area (Å²) in [4.78, 5) is 35.3. The second kappa shape index (κ2) is 3.58.